The average Bonchev–Trinajstić information content (AvgIpc) is 3.12. The molecule has 28 heavy (non-hydrogen) atoms. The van der Waals surface area contributed by atoms with E-state index >= 15 is 0 Å². The van der Waals surface area contributed by atoms with E-state index in [2.05, 4.69) is 15.5 Å². The van der Waals surface area contributed by atoms with Gasteiger partial charge >= 0.3 is 0 Å². The number of benzene rings is 1. The standard InChI is InChI=1S/C21H25ClN4OS/c22-17-2-1-3-18(7-17)26-13-24-25-20(26)28-11-19(27)23-12-21-8-14-4-15(9-21)6-16(5-14)10-21/h1-3,7,13-16H,4-6,8-12H2,(H,23,27). The number of rotatable bonds is 6. The fourth-order valence-electron chi connectivity index (χ4n) is 6.10. The molecule has 4 bridgehead atoms. The monoisotopic (exact) mass is 416 g/mol. The van der Waals surface area contributed by atoms with Crippen LogP contribution in [0.4, 0.5) is 0 Å². The second kappa shape index (κ2) is 7.38. The maximum Gasteiger partial charge on any atom is 0.230 e. The normalized spacial score (nSPS) is 30.5. The first-order valence-corrected chi connectivity index (χ1v) is 11.5. The number of halogens is 1. The molecular formula is C21H25ClN4OS. The third kappa shape index (κ3) is 3.69. The number of hydrogen-bond donors (Lipinski definition) is 1. The maximum atomic E-state index is 12.5. The van der Waals surface area contributed by atoms with Gasteiger partial charge in [0.1, 0.15) is 6.33 Å². The van der Waals surface area contributed by atoms with Gasteiger partial charge in [-0.25, -0.2) is 0 Å². The van der Waals surface area contributed by atoms with Gasteiger partial charge in [-0.05, 0) is 79.9 Å². The SMILES string of the molecule is O=C(CSc1nncn1-c1cccc(Cl)c1)NCC12CC3CC(CC(C3)C1)C2. The van der Waals surface area contributed by atoms with E-state index in [0.29, 0.717) is 21.3 Å². The molecule has 7 heteroatoms. The zero-order chi connectivity index (χ0) is 19.1. The highest BCUT2D eigenvalue weighted by molar-refractivity contribution is 7.99. The molecule has 1 heterocycles. The van der Waals surface area contributed by atoms with Gasteiger partial charge in [0.05, 0.1) is 11.4 Å². The largest absolute Gasteiger partial charge is 0.355 e. The molecule has 0 saturated heterocycles. The summed E-state index contributed by atoms with van der Waals surface area (Å²) >= 11 is 7.50. The lowest BCUT2D eigenvalue weighted by molar-refractivity contribution is -0.120. The Morgan fingerprint density at radius 3 is 2.61 bits per heavy atom. The first-order valence-electron chi connectivity index (χ1n) is 10.1. The van der Waals surface area contributed by atoms with Crippen LogP contribution in [0.3, 0.4) is 0 Å². The second-order valence-corrected chi connectivity index (χ2v) is 10.3. The van der Waals surface area contributed by atoms with Crippen molar-refractivity contribution in [3.63, 3.8) is 0 Å². The zero-order valence-corrected chi connectivity index (χ0v) is 17.4. The number of aromatic nitrogens is 3. The van der Waals surface area contributed by atoms with E-state index in [-0.39, 0.29) is 5.91 Å². The third-order valence-electron chi connectivity index (χ3n) is 6.76. The molecule has 0 unspecified atom stereocenters. The van der Waals surface area contributed by atoms with Crippen LogP contribution in [0.1, 0.15) is 38.5 Å². The number of hydrogen-bond acceptors (Lipinski definition) is 4. The van der Waals surface area contributed by atoms with Crippen molar-refractivity contribution in [2.45, 2.75) is 43.7 Å². The number of nitrogens with zero attached hydrogens (tertiary/aromatic N) is 3. The fraction of sp³-hybridized carbons (Fsp3) is 0.571. The molecule has 1 N–H and O–H groups in total. The number of nitrogens with one attached hydrogen (secondary N) is 1. The predicted octanol–water partition coefficient (Wildman–Crippen LogP) is 4.35. The molecule has 4 saturated carbocycles. The average molecular weight is 417 g/mol. The minimum absolute atomic E-state index is 0.0846. The van der Waals surface area contributed by atoms with Gasteiger partial charge < -0.3 is 5.32 Å². The highest BCUT2D eigenvalue weighted by Gasteiger charge is 2.50. The fourth-order valence-corrected chi connectivity index (χ4v) is 7.04. The number of amides is 1. The van der Waals surface area contributed by atoms with Crippen molar-refractivity contribution in [1.29, 1.82) is 0 Å². The summed E-state index contributed by atoms with van der Waals surface area (Å²) < 4.78 is 1.86. The summed E-state index contributed by atoms with van der Waals surface area (Å²) in [4.78, 5) is 12.5. The topological polar surface area (TPSA) is 59.8 Å². The van der Waals surface area contributed by atoms with Crippen LogP contribution in [0.5, 0.6) is 0 Å². The van der Waals surface area contributed by atoms with Crippen LogP contribution in [0.25, 0.3) is 5.69 Å². The first-order chi connectivity index (χ1) is 13.6. The summed E-state index contributed by atoms with van der Waals surface area (Å²) in [6.45, 7) is 0.844. The molecular weight excluding hydrogens is 392 g/mol. The molecule has 0 aliphatic heterocycles. The van der Waals surface area contributed by atoms with Crippen molar-refractivity contribution in [2.75, 3.05) is 12.3 Å². The zero-order valence-electron chi connectivity index (χ0n) is 15.8. The van der Waals surface area contributed by atoms with Crippen molar-refractivity contribution in [3.8, 4) is 5.69 Å². The first kappa shape index (κ1) is 18.5. The van der Waals surface area contributed by atoms with Crippen molar-refractivity contribution in [1.82, 2.24) is 20.1 Å². The van der Waals surface area contributed by atoms with Gasteiger partial charge in [-0.1, -0.05) is 29.4 Å². The van der Waals surface area contributed by atoms with E-state index in [1.807, 2.05) is 28.8 Å². The molecule has 148 valence electrons. The van der Waals surface area contributed by atoms with E-state index in [9.17, 15) is 4.79 Å². The molecule has 1 aromatic carbocycles. The molecule has 1 aromatic heterocycles. The van der Waals surface area contributed by atoms with Crippen LogP contribution in [0.15, 0.2) is 35.7 Å². The Morgan fingerprint density at radius 1 is 1.21 bits per heavy atom. The van der Waals surface area contributed by atoms with E-state index in [4.69, 9.17) is 11.6 Å². The number of carbonyl (C=O) groups excluding carboxylic acids is 1. The minimum Gasteiger partial charge on any atom is -0.355 e. The van der Waals surface area contributed by atoms with Gasteiger partial charge in [-0.15, -0.1) is 10.2 Å². The molecule has 4 aliphatic rings. The van der Waals surface area contributed by atoms with E-state index in [1.54, 1.807) is 6.33 Å². The molecule has 0 atom stereocenters. The van der Waals surface area contributed by atoms with Crippen LogP contribution in [-0.2, 0) is 4.79 Å². The lowest BCUT2D eigenvalue weighted by atomic mass is 9.49. The van der Waals surface area contributed by atoms with Gasteiger partial charge in [0.15, 0.2) is 5.16 Å². The summed E-state index contributed by atoms with van der Waals surface area (Å²) in [5.41, 5.74) is 1.27. The highest BCUT2D eigenvalue weighted by atomic mass is 35.5. The van der Waals surface area contributed by atoms with Gasteiger partial charge in [-0.2, -0.15) is 0 Å². The Morgan fingerprint density at radius 2 is 1.93 bits per heavy atom. The van der Waals surface area contributed by atoms with Crippen LogP contribution in [0, 0.1) is 23.2 Å². The summed E-state index contributed by atoms with van der Waals surface area (Å²) in [6.07, 6.45) is 9.90. The summed E-state index contributed by atoms with van der Waals surface area (Å²) in [5.74, 6) is 3.17. The Kier molecular flexibility index (Phi) is 4.87. The molecule has 2 aromatic rings. The number of thioether (sulfide) groups is 1. The Labute approximate surface area is 174 Å². The smallest absolute Gasteiger partial charge is 0.230 e. The van der Waals surface area contributed by atoms with Crippen molar-refractivity contribution in [2.24, 2.45) is 23.2 Å². The molecule has 5 nitrogen and oxygen atoms in total. The van der Waals surface area contributed by atoms with E-state index < -0.39 is 0 Å². The maximum absolute atomic E-state index is 12.5. The molecule has 4 fully saturated rings. The third-order valence-corrected chi connectivity index (χ3v) is 7.94. The molecule has 1 amide bonds. The van der Waals surface area contributed by atoms with Crippen LogP contribution >= 0.6 is 23.4 Å². The van der Waals surface area contributed by atoms with Gasteiger partial charge in [-0.3, -0.25) is 9.36 Å². The van der Waals surface area contributed by atoms with Gasteiger partial charge in [0, 0.05) is 11.6 Å². The second-order valence-electron chi connectivity index (χ2n) is 8.95. The summed E-state index contributed by atoms with van der Waals surface area (Å²) in [6, 6.07) is 7.54. The van der Waals surface area contributed by atoms with Gasteiger partial charge in [0.2, 0.25) is 5.91 Å². The summed E-state index contributed by atoms with van der Waals surface area (Å²) in [5, 5.41) is 12.8. The van der Waals surface area contributed by atoms with Crippen molar-refractivity contribution >= 4 is 29.3 Å². The quantitative estimate of drug-likeness (QED) is 0.711. The van der Waals surface area contributed by atoms with Crippen molar-refractivity contribution < 1.29 is 4.79 Å². The van der Waals surface area contributed by atoms with Crippen LogP contribution in [0.2, 0.25) is 5.02 Å². The Balaban J connectivity index is 1.17. The van der Waals surface area contributed by atoms with Crippen molar-refractivity contribution in [3.05, 3.63) is 35.6 Å². The highest BCUT2D eigenvalue weighted by Crippen LogP contribution is 2.59. The van der Waals surface area contributed by atoms with Gasteiger partial charge in [0.25, 0.3) is 0 Å². The lowest BCUT2D eigenvalue weighted by Gasteiger charge is -2.56. The predicted molar refractivity (Wildman–Crippen MR) is 111 cm³/mol. The molecule has 6 rings (SSSR count). The number of carbonyl (C=O) groups is 1. The summed E-state index contributed by atoms with van der Waals surface area (Å²) in [7, 11) is 0. The Hall–Kier alpha value is -1.53. The lowest BCUT2D eigenvalue weighted by Crippen LogP contribution is -2.51. The van der Waals surface area contributed by atoms with E-state index in [0.717, 1.165) is 30.0 Å². The minimum atomic E-state index is 0.0846. The Bertz CT molecular complexity index is 848. The molecule has 0 radical (unpaired) electrons. The van der Waals surface area contributed by atoms with Crippen LogP contribution in [-0.4, -0.2) is 33.0 Å². The van der Waals surface area contributed by atoms with E-state index in [1.165, 1.54) is 50.3 Å². The van der Waals surface area contributed by atoms with Crippen LogP contribution < -0.4 is 5.32 Å². The molecule has 4 aliphatic carbocycles. The molecule has 0 spiro atoms.